The standard InChI is InChI=1S/C16H16O2/c1-2-4-14(5-3-1)15-6-8-16(9-7-15)18-12-13-10-17-11-13/h1-9,13H,10-12H2. The van der Waals surface area contributed by atoms with Crippen LogP contribution in [-0.4, -0.2) is 19.8 Å². The number of hydrogen-bond donors (Lipinski definition) is 0. The molecule has 2 nitrogen and oxygen atoms in total. The predicted molar refractivity (Wildman–Crippen MR) is 71.7 cm³/mol. The molecule has 2 heteroatoms. The number of hydrogen-bond acceptors (Lipinski definition) is 2. The zero-order valence-corrected chi connectivity index (χ0v) is 10.2. The molecule has 0 aromatic heterocycles. The van der Waals surface area contributed by atoms with E-state index >= 15 is 0 Å². The largest absolute Gasteiger partial charge is 0.493 e. The van der Waals surface area contributed by atoms with Gasteiger partial charge in [-0.2, -0.15) is 0 Å². The Morgan fingerprint density at radius 1 is 0.889 bits per heavy atom. The second-order valence-electron chi connectivity index (χ2n) is 4.60. The minimum atomic E-state index is 0.568. The van der Waals surface area contributed by atoms with Crippen LogP contribution < -0.4 is 4.74 Å². The third-order valence-electron chi connectivity index (χ3n) is 3.15. The van der Waals surface area contributed by atoms with Gasteiger partial charge < -0.3 is 9.47 Å². The zero-order chi connectivity index (χ0) is 12.2. The highest BCUT2D eigenvalue weighted by molar-refractivity contribution is 5.63. The summed E-state index contributed by atoms with van der Waals surface area (Å²) in [6.45, 7) is 2.43. The minimum absolute atomic E-state index is 0.568. The molecule has 0 aliphatic carbocycles. The van der Waals surface area contributed by atoms with Crippen LogP contribution in [0.1, 0.15) is 0 Å². The third-order valence-corrected chi connectivity index (χ3v) is 3.15. The van der Waals surface area contributed by atoms with Gasteiger partial charge in [0.2, 0.25) is 0 Å². The van der Waals surface area contributed by atoms with Crippen molar-refractivity contribution in [2.75, 3.05) is 19.8 Å². The molecule has 1 fully saturated rings. The molecule has 1 aliphatic rings. The van der Waals surface area contributed by atoms with Crippen molar-refractivity contribution in [3.63, 3.8) is 0 Å². The van der Waals surface area contributed by atoms with Gasteiger partial charge in [-0.25, -0.2) is 0 Å². The molecule has 0 bridgehead atoms. The summed E-state index contributed by atoms with van der Waals surface area (Å²) < 4.78 is 10.8. The van der Waals surface area contributed by atoms with Gasteiger partial charge in [0.25, 0.3) is 0 Å². The van der Waals surface area contributed by atoms with Gasteiger partial charge in [-0.05, 0) is 23.3 Å². The Hall–Kier alpha value is -1.80. The van der Waals surface area contributed by atoms with Crippen molar-refractivity contribution in [3.8, 4) is 16.9 Å². The first-order valence-electron chi connectivity index (χ1n) is 6.28. The van der Waals surface area contributed by atoms with E-state index in [2.05, 4.69) is 36.4 Å². The smallest absolute Gasteiger partial charge is 0.119 e. The zero-order valence-electron chi connectivity index (χ0n) is 10.2. The van der Waals surface area contributed by atoms with E-state index in [0.29, 0.717) is 5.92 Å². The highest BCUT2D eigenvalue weighted by Crippen LogP contribution is 2.22. The predicted octanol–water partition coefficient (Wildman–Crippen LogP) is 3.38. The lowest BCUT2D eigenvalue weighted by Crippen LogP contribution is -2.32. The third kappa shape index (κ3) is 2.54. The van der Waals surface area contributed by atoms with E-state index < -0.39 is 0 Å². The van der Waals surface area contributed by atoms with Crippen LogP contribution in [0.5, 0.6) is 5.75 Å². The summed E-state index contributed by atoms with van der Waals surface area (Å²) in [5, 5.41) is 0. The number of ether oxygens (including phenoxy) is 2. The van der Waals surface area contributed by atoms with E-state index in [1.165, 1.54) is 11.1 Å². The molecular weight excluding hydrogens is 224 g/mol. The molecule has 0 radical (unpaired) electrons. The average molecular weight is 240 g/mol. The molecule has 0 amide bonds. The van der Waals surface area contributed by atoms with Crippen LogP contribution in [0, 0.1) is 5.92 Å². The van der Waals surface area contributed by atoms with E-state index in [1.807, 2.05) is 18.2 Å². The van der Waals surface area contributed by atoms with Gasteiger partial charge in [0, 0.05) is 5.92 Å². The summed E-state index contributed by atoms with van der Waals surface area (Å²) >= 11 is 0. The fourth-order valence-electron chi connectivity index (χ4n) is 1.97. The van der Waals surface area contributed by atoms with Crippen LogP contribution in [0.15, 0.2) is 54.6 Å². The first kappa shape index (κ1) is 11.3. The van der Waals surface area contributed by atoms with Crippen LogP contribution in [0.4, 0.5) is 0 Å². The second-order valence-corrected chi connectivity index (χ2v) is 4.60. The summed E-state index contributed by atoms with van der Waals surface area (Å²) in [5.41, 5.74) is 2.45. The summed E-state index contributed by atoms with van der Waals surface area (Å²) in [7, 11) is 0. The van der Waals surface area contributed by atoms with E-state index in [4.69, 9.17) is 9.47 Å². The van der Waals surface area contributed by atoms with Gasteiger partial charge in [-0.1, -0.05) is 42.5 Å². The quantitative estimate of drug-likeness (QED) is 0.815. The number of benzene rings is 2. The normalized spacial score (nSPS) is 15.1. The molecule has 0 saturated carbocycles. The van der Waals surface area contributed by atoms with Gasteiger partial charge >= 0.3 is 0 Å². The van der Waals surface area contributed by atoms with E-state index in [-0.39, 0.29) is 0 Å². The molecular formula is C16H16O2. The van der Waals surface area contributed by atoms with Gasteiger partial charge in [0.1, 0.15) is 5.75 Å². The maximum Gasteiger partial charge on any atom is 0.119 e. The molecule has 0 unspecified atom stereocenters. The highest BCUT2D eigenvalue weighted by Gasteiger charge is 2.18. The molecule has 1 saturated heterocycles. The van der Waals surface area contributed by atoms with E-state index in [1.54, 1.807) is 0 Å². The summed E-state index contributed by atoms with van der Waals surface area (Å²) in [4.78, 5) is 0. The van der Waals surface area contributed by atoms with Crippen molar-refractivity contribution in [2.24, 2.45) is 5.92 Å². The second kappa shape index (κ2) is 5.23. The van der Waals surface area contributed by atoms with E-state index in [9.17, 15) is 0 Å². The van der Waals surface area contributed by atoms with Gasteiger partial charge in [0.15, 0.2) is 0 Å². The van der Waals surface area contributed by atoms with Crippen molar-refractivity contribution in [1.82, 2.24) is 0 Å². The lowest BCUT2D eigenvalue weighted by molar-refractivity contribution is -0.0508. The molecule has 2 aromatic rings. The van der Waals surface area contributed by atoms with Crippen LogP contribution >= 0.6 is 0 Å². The molecule has 3 rings (SSSR count). The highest BCUT2D eigenvalue weighted by atomic mass is 16.5. The summed E-state index contributed by atoms with van der Waals surface area (Å²) in [6, 6.07) is 18.6. The Kier molecular flexibility index (Phi) is 3.29. The van der Waals surface area contributed by atoms with Crippen molar-refractivity contribution < 1.29 is 9.47 Å². The molecule has 2 aromatic carbocycles. The van der Waals surface area contributed by atoms with Crippen molar-refractivity contribution in [3.05, 3.63) is 54.6 Å². The first-order valence-corrected chi connectivity index (χ1v) is 6.28. The molecule has 0 spiro atoms. The first-order chi connectivity index (χ1) is 8.92. The van der Waals surface area contributed by atoms with Crippen molar-refractivity contribution in [2.45, 2.75) is 0 Å². The van der Waals surface area contributed by atoms with Gasteiger partial charge in [-0.3, -0.25) is 0 Å². The van der Waals surface area contributed by atoms with Crippen LogP contribution in [-0.2, 0) is 4.74 Å². The van der Waals surface area contributed by atoms with E-state index in [0.717, 1.165) is 25.6 Å². The SMILES string of the molecule is c1ccc(-c2ccc(OCC3COC3)cc2)cc1. The fourth-order valence-corrected chi connectivity index (χ4v) is 1.97. The lowest BCUT2D eigenvalue weighted by atomic mass is 10.1. The fraction of sp³-hybridized carbons (Fsp3) is 0.250. The Morgan fingerprint density at radius 2 is 1.56 bits per heavy atom. The molecule has 1 aliphatic heterocycles. The van der Waals surface area contributed by atoms with Crippen molar-refractivity contribution >= 4 is 0 Å². The monoisotopic (exact) mass is 240 g/mol. The summed E-state index contributed by atoms with van der Waals surface area (Å²) in [6.07, 6.45) is 0. The van der Waals surface area contributed by atoms with Crippen LogP contribution in [0.25, 0.3) is 11.1 Å². The minimum Gasteiger partial charge on any atom is -0.493 e. The Balaban J connectivity index is 1.65. The Bertz CT molecular complexity index is 486. The maximum atomic E-state index is 5.72. The van der Waals surface area contributed by atoms with Crippen LogP contribution in [0.3, 0.4) is 0 Å². The van der Waals surface area contributed by atoms with Gasteiger partial charge in [-0.15, -0.1) is 0 Å². The van der Waals surface area contributed by atoms with Crippen molar-refractivity contribution in [1.29, 1.82) is 0 Å². The Labute approximate surface area is 107 Å². The summed E-state index contributed by atoms with van der Waals surface area (Å²) in [5.74, 6) is 1.50. The maximum absolute atomic E-state index is 5.72. The molecule has 0 N–H and O–H groups in total. The Morgan fingerprint density at radius 3 is 2.17 bits per heavy atom. The molecule has 92 valence electrons. The number of rotatable bonds is 4. The molecule has 18 heavy (non-hydrogen) atoms. The average Bonchev–Trinajstić information content (AvgIpc) is 2.39. The van der Waals surface area contributed by atoms with Crippen LogP contribution in [0.2, 0.25) is 0 Å². The molecule has 1 heterocycles. The topological polar surface area (TPSA) is 18.5 Å². The lowest BCUT2D eigenvalue weighted by Gasteiger charge is -2.25. The molecule has 0 atom stereocenters. The van der Waals surface area contributed by atoms with Gasteiger partial charge in [0.05, 0.1) is 19.8 Å².